The molecule has 2 aliphatic heterocycles. The number of benzene rings is 2. The van der Waals surface area contributed by atoms with Crippen molar-refractivity contribution in [3.63, 3.8) is 0 Å². The molecule has 5 nitrogen and oxygen atoms in total. The second-order valence-electron chi connectivity index (χ2n) is 5.27. The maximum absolute atomic E-state index is 5.88. The minimum absolute atomic E-state index is 0.236. The number of methoxy groups -OCH3 is 2. The summed E-state index contributed by atoms with van der Waals surface area (Å²) in [5.41, 5.74) is 2.97. The number of fused-ring (bicyclic) bond motifs is 2. The smallest absolute Gasteiger partial charge is 0.231 e. The Kier molecular flexibility index (Phi) is 3.26. The van der Waals surface area contributed by atoms with Gasteiger partial charge < -0.3 is 23.7 Å². The van der Waals surface area contributed by atoms with Gasteiger partial charge in [-0.3, -0.25) is 0 Å². The third-order valence-corrected chi connectivity index (χ3v) is 3.97. The van der Waals surface area contributed by atoms with Crippen molar-refractivity contribution in [2.45, 2.75) is 0 Å². The maximum atomic E-state index is 5.88. The normalized spacial score (nSPS) is 14.6. The van der Waals surface area contributed by atoms with Gasteiger partial charge in [-0.05, 0) is 24.3 Å². The predicted molar refractivity (Wildman–Crippen MR) is 85.5 cm³/mol. The van der Waals surface area contributed by atoms with E-state index in [0.29, 0.717) is 12.4 Å². The molecule has 2 heterocycles. The lowest BCUT2D eigenvalue weighted by molar-refractivity contribution is 0.174. The minimum atomic E-state index is 0.236. The van der Waals surface area contributed by atoms with Crippen molar-refractivity contribution in [1.82, 2.24) is 0 Å². The molecule has 0 aromatic heterocycles. The lowest BCUT2D eigenvalue weighted by Crippen LogP contribution is -2.07. The molecule has 118 valence electrons. The Balaban J connectivity index is 1.77. The van der Waals surface area contributed by atoms with Gasteiger partial charge in [-0.1, -0.05) is 0 Å². The van der Waals surface area contributed by atoms with Crippen LogP contribution in [0.2, 0.25) is 0 Å². The molecule has 0 spiro atoms. The van der Waals surface area contributed by atoms with Gasteiger partial charge in [0.25, 0.3) is 0 Å². The average molecular weight is 312 g/mol. The molecule has 0 N–H and O–H groups in total. The van der Waals surface area contributed by atoms with E-state index in [1.165, 1.54) is 0 Å². The molecule has 0 amide bonds. The fourth-order valence-corrected chi connectivity index (χ4v) is 2.77. The fourth-order valence-electron chi connectivity index (χ4n) is 2.77. The van der Waals surface area contributed by atoms with Gasteiger partial charge in [-0.25, -0.2) is 0 Å². The van der Waals surface area contributed by atoms with Crippen LogP contribution in [-0.2, 0) is 0 Å². The number of rotatable bonds is 3. The van der Waals surface area contributed by atoms with E-state index in [4.69, 9.17) is 23.7 Å². The molecule has 0 radical (unpaired) electrons. The van der Waals surface area contributed by atoms with Crippen LogP contribution in [0, 0.1) is 0 Å². The summed E-state index contributed by atoms with van der Waals surface area (Å²) >= 11 is 0. The van der Waals surface area contributed by atoms with Crippen LogP contribution in [0.25, 0.3) is 11.6 Å². The van der Waals surface area contributed by atoms with Crippen molar-refractivity contribution in [2.24, 2.45) is 0 Å². The van der Waals surface area contributed by atoms with E-state index in [-0.39, 0.29) is 6.79 Å². The van der Waals surface area contributed by atoms with Crippen molar-refractivity contribution < 1.29 is 23.7 Å². The van der Waals surface area contributed by atoms with Gasteiger partial charge in [0.2, 0.25) is 6.79 Å². The third kappa shape index (κ3) is 2.34. The van der Waals surface area contributed by atoms with Crippen LogP contribution in [0.15, 0.2) is 30.3 Å². The molecule has 0 fully saturated rings. The quantitative estimate of drug-likeness (QED) is 0.869. The zero-order valence-corrected chi connectivity index (χ0v) is 12.9. The fraction of sp³-hybridized carbons (Fsp3) is 0.222. The Morgan fingerprint density at radius 1 is 0.870 bits per heavy atom. The second kappa shape index (κ2) is 5.43. The summed E-state index contributed by atoms with van der Waals surface area (Å²) < 4.78 is 27.5. The molecule has 0 unspecified atom stereocenters. The van der Waals surface area contributed by atoms with Crippen LogP contribution in [0.4, 0.5) is 0 Å². The first-order valence-electron chi connectivity index (χ1n) is 7.28. The third-order valence-electron chi connectivity index (χ3n) is 3.97. The van der Waals surface area contributed by atoms with Crippen LogP contribution in [0.5, 0.6) is 28.7 Å². The summed E-state index contributed by atoms with van der Waals surface area (Å²) in [6.07, 6.45) is 2.10. The van der Waals surface area contributed by atoms with Gasteiger partial charge in [0, 0.05) is 28.8 Å². The Bertz CT molecular complexity index is 794. The Morgan fingerprint density at radius 3 is 2.48 bits per heavy atom. The van der Waals surface area contributed by atoms with Crippen molar-refractivity contribution in [2.75, 3.05) is 27.6 Å². The average Bonchev–Trinajstić information content (AvgIpc) is 3.07. The molecule has 5 heteroatoms. The van der Waals surface area contributed by atoms with Crippen molar-refractivity contribution in [3.05, 3.63) is 41.5 Å². The van der Waals surface area contributed by atoms with Crippen molar-refractivity contribution >= 4 is 11.6 Å². The molecule has 23 heavy (non-hydrogen) atoms. The molecule has 2 aliphatic rings. The van der Waals surface area contributed by atoms with E-state index in [0.717, 1.165) is 39.7 Å². The lowest BCUT2D eigenvalue weighted by Gasteiger charge is -2.20. The largest absolute Gasteiger partial charge is 0.497 e. The van der Waals surface area contributed by atoms with E-state index in [1.807, 2.05) is 30.3 Å². The zero-order chi connectivity index (χ0) is 15.8. The van der Waals surface area contributed by atoms with Gasteiger partial charge in [0.15, 0.2) is 11.5 Å². The number of hydrogen-bond acceptors (Lipinski definition) is 5. The first-order chi connectivity index (χ1) is 11.3. The SMILES string of the molecule is COc1ccc2c(c1)OCC(c1cc3c(cc1OC)OCO3)=C2. The van der Waals surface area contributed by atoms with Gasteiger partial charge >= 0.3 is 0 Å². The standard InChI is InChI=1S/C18H16O5/c1-19-13-4-3-11-5-12(9-21-15(11)6-13)14-7-17-18(23-10-22-17)8-16(14)20-2/h3-8H,9-10H2,1-2H3. The molecule has 0 aliphatic carbocycles. The van der Waals surface area contributed by atoms with Crippen LogP contribution in [0.3, 0.4) is 0 Å². The lowest BCUT2D eigenvalue weighted by atomic mass is 9.99. The summed E-state index contributed by atoms with van der Waals surface area (Å²) in [4.78, 5) is 0. The number of hydrogen-bond donors (Lipinski definition) is 0. The summed E-state index contributed by atoms with van der Waals surface area (Å²) in [7, 11) is 3.29. The van der Waals surface area contributed by atoms with E-state index in [1.54, 1.807) is 14.2 Å². The monoisotopic (exact) mass is 312 g/mol. The highest BCUT2D eigenvalue weighted by Gasteiger charge is 2.22. The van der Waals surface area contributed by atoms with Crippen molar-refractivity contribution in [1.29, 1.82) is 0 Å². The predicted octanol–water partition coefficient (Wildman–Crippen LogP) is 3.37. The maximum Gasteiger partial charge on any atom is 0.231 e. The van der Waals surface area contributed by atoms with E-state index in [9.17, 15) is 0 Å². The summed E-state index contributed by atoms with van der Waals surface area (Å²) in [6, 6.07) is 9.57. The number of ether oxygens (including phenoxy) is 5. The molecule has 0 atom stereocenters. The molecule has 0 saturated heterocycles. The topological polar surface area (TPSA) is 46.2 Å². The molecule has 4 rings (SSSR count). The highest BCUT2D eigenvalue weighted by molar-refractivity contribution is 5.88. The molecular formula is C18H16O5. The van der Waals surface area contributed by atoms with Gasteiger partial charge in [-0.15, -0.1) is 0 Å². The molecule has 0 saturated carbocycles. The highest BCUT2D eigenvalue weighted by atomic mass is 16.7. The summed E-state index contributed by atoms with van der Waals surface area (Å²) in [6.45, 7) is 0.691. The van der Waals surface area contributed by atoms with Crippen LogP contribution >= 0.6 is 0 Å². The van der Waals surface area contributed by atoms with Gasteiger partial charge in [0.1, 0.15) is 23.9 Å². The molecule has 2 aromatic rings. The first kappa shape index (κ1) is 13.8. The Morgan fingerprint density at radius 2 is 1.70 bits per heavy atom. The van der Waals surface area contributed by atoms with E-state index in [2.05, 4.69) is 6.08 Å². The van der Waals surface area contributed by atoms with E-state index >= 15 is 0 Å². The van der Waals surface area contributed by atoms with Crippen LogP contribution in [-0.4, -0.2) is 27.6 Å². The Hall–Kier alpha value is -2.82. The summed E-state index contributed by atoms with van der Waals surface area (Å²) in [5.74, 6) is 3.76. The minimum Gasteiger partial charge on any atom is -0.497 e. The Labute approximate surface area is 134 Å². The van der Waals surface area contributed by atoms with E-state index < -0.39 is 0 Å². The van der Waals surface area contributed by atoms with Gasteiger partial charge in [0.05, 0.1) is 14.2 Å². The highest BCUT2D eigenvalue weighted by Crippen LogP contribution is 2.42. The second-order valence-corrected chi connectivity index (χ2v) is 5.27. The molecule has 0 bridgehead atoms. The summed E-state index contributed by atoms with van der Waals surface area (Å²) in [5, 5.41) is 0. The molecular weight excluding hydrogens is 296 g/mol. The van der Waals surface area contributed by atoms with Crippen LogP contribution < -0.4 is 23.7 Å². The first-order valence-corrected chi connectivity index (χ1v) is 7.28. The van der Waals surface area contributed by atoms with Crippen molar-refractivity contribution in [3.8, 4) is 28.7 Å². The van der Waals surface area contributed by atoms with Gasteiger partial charge in [-0.2, -0.15) is 0 Å². The van der Waals surface area contributed by atoms with Crippen LogP contribution in [0.1, 0.15) is 11.1 Å². The molecule has 2 aromatic carbocycles. The zero-order valence-electron chi connectivity index (χ0n) is 12.9.